The summed E-state index contributed by atoms with van der Waals surface area (Å²) in [6, 6.07) is 12.9. The second-order valence-corrected chi connectivity index (χ2v) is 6.10. The fourth-order valence-electron chi connectivity index (χ4n) is 3.07. The first-order chi connectivity index (χ1) is 10.2. The summed E-state index contributed by atoms with van der Waals surface area (Å²) in [6.07, 6.45) is 3.25. The average Bonchev–Trinajstić information content (AvgIpc) is 2.96. The van der Waals surface area contributed by atoms with Gasteiger partial charge in [0.1, 0.15) is 0 Å². The predicted molar refractivity (Wildman–Crippen MR) is 85.5 cm³/mol. The van der Waals surface area contributed by atoms with Gasteiger partial charge in [-0.05, 0) is 44.1 Å². The number of nitrogens with zero attached hydrogens (tertiary/aromatic N) is 3. The van der Waals surface area contributed by atoms with Crippen LogP contribution in [0.3, 0.4) is 0 Å². The number of nitrogens with one attached hydrogen (secondary N) is 1. The number of likely N-dealkylation sites (tertiary alicyclic amines) is 1. The minimum Gasteiger partial charge on any atom is -0.308 e. The van der Waals surface area contributed by atoms with Crippen molar-refractivity contribution in [3.05, 3.63) is 48.3 Å². The quantitative estimate of drug-likeness (QED) is 0.935. The van der Waals surface area contributed by atoms with E-state index in [9.17, 15) is 0 Å². The minimum atomic E-state index is 0.600. The van der Waals surface area contributed by atoms with Crippen LogP contribution in [0.25, 0.3) is 5.69 Å². The molecule has 0 spiro atoms. The largest absolute Gasteiger partial charge is 0.308 e. The van der Waals surface area contributed by atoms with Crippen LogP contribution in [-0.2, 0) is 6.54 Å². The zero-order chi connectivity index (χ0) is 14.7. The summed E-state index contributed by atoms with van der Waals surface area (Å²) in [5.74, 6) is 0.694. The standard InChI is InChI=1S/C17H24N4/c1-14-13-20(2)10-9-17(14)18-12-15-8-11-21(19-15)16-6-4-3-5-7-16/h3-8,11,14,17-18H,9-10,12-13H2,1-2H3. The Morgan fingerprint density at radius 2 is 2.05 bits per heavy atom. The second-order valence-electron chi connectivity index (χ2n) is 6.10. The Bertz CT molecular complexity index is 563. The van der Waals surface area contributed by atoms with Crippen molar-refractivity contribution in [1.29, 1.82) is 0 Å². The summed E-state index contributed by atoms with van der Waals surface area (Å²) in [4.78, 5) is 2.41. The molecule has 1 aromatic carbocycles. The lowest BCUT2D eigenvalue weighted by atomic mass is 9.94. The third-order valence-electron chi connectivity index (χ3n) is 4.32. The first-order valence-electron chi connectivity index (χ1n) is 7.74. The zero-order valence-electron chi connectivity index (χ0n) is 12.9. The smallest absolute Gasteiger partial charge is 0.0766 e. The number of rotatable bonds is 4. The molecule has 1 aliphatic rings. The van der Waals surface area contributed by atoms with Gasteiger partial charge in [0, 0.05) is 25.3 Å². The predicted octanol–water partition coefficient (Wildman–Crippen LogP) is 2.30. The van der Waals surface area contributed by atoms with Crippen LogP contribution in [0.15, 0.2) is 42.6 Å². The van der Waals surface area contributed by atoms with Crippen LogP contribution in [0.1, 0.15) is 19.0 Å². The highest BCUT2D eigenvalue weighted by atomic mass is 15.3. The SMILES string of the molecule is CC1CN(C)CCC1NCc1ccn(-c2ccccc2)n1. The summed E-state index contributed by atoms with van der Waals surface area (Å²) in [7, 11) is 2.20. The van der Waals surface area contributed by atoms with Crippen LogP contribution in [0, 0.1) is 5.92 Å². The maximum atomic E-state index is 4.65. The molecule has 0 amide bonds. The molecule has 4 nitrogen and oxygen atoms in total. The maximum absolute atomic E-state index is 4.65. The molecule has 2 atom stereocenters. The summed E-state index contributed by atoms with van der Waals surface area (Å²) in [5, 5.41) is 8.32. The van der Waals surface area contributed by atoms with Crippen molar-refractivity contribution < 1.29 is 0 Å². The van der Waals surface area contributed by atoms with Gasteiger partial charge in [-0.3, -0.25) is 0 Å². The van der Waals surface area contributed by atoms with Gasteiger partial charge in [-0.1, -0.05) is 25.1 Å². The first-order valence-corrected chi connectivity index (χ1v) is 7.74. The van der Waals surface area contributed by atoms with E-state index in [0.29, 0.717) is 12.0 Å². The molecule has 21 heavy (non-hydrogen) atoms. The van der Waals surface area contributed by atoms with Crippen LogP contribution in [0.5, 0.6) is 0 Å². The molecule has 0 bridgehead atoms. The molecule has 2 unspecified atom stereocenters. The maximum Gasteiger partial charge on any atom is 0.0766 e. The van der Waals surface area contributed by atoms with E-state index in [1.807, 2.05) is 29.1 Å². The molecule has 0 aliphatic carbocycles. The van der Waals surface area contributed by atoms with E-state index in [-0.39, 0.29) is 0 Å². The van der Waals surface area contributed by atoms with Crippen LogP contribution in [0.2, 0.25) is 0 Å². The zero-order valence-corrected chi connectivity index (χ0v) is 12.9. The van der Waals surface area contributed by atoms with Crippen molar-refractivity contribution in [3.8, 4) is 5.69 Å². The fraction of sp³-hybridized carbons (Fsp3) is 0.471. The van der Waals surface area contributed by atoms with Gasteiger partial charge in [0.15, 0.2) is 0 Å². The van der Waals surface area contributed by atoms with Gasteiger partial charge in [-0.15, -0.1) is 0 Å². The topological polar surface area (TPSA) is 33.1 Å². The molecule has 1 saturated heterocycles. The van der Waals surface area contributed by atoms with E-state index >= 15 is 0 Å². The van der Waals surface area contributed by atoms with E-state index in [0.717, 1.165) is 17.9 Å². The molecule has 1 fully saturated rings. The van der Waals surface area contributed by atoms with Crippen LogP contribution in [-0.4, -0.2) is 40.9 Å². The Morgan fingerprint density at radius 1 is 1.24 bits per heavy atom. The molecule has 4 heteroatoms. The average molecular weight is 284 g/mol. The molecule has 1 aromatic heterocycles. The number of para-hydroxylation sites is 1. The van der Waals surface area contributed by atoms with Crippen molar-refractivity contribution in [1.82, 2.24) is 20.0 Å². The molecule has 1 aliphatic heterocycles. The van der Waals surface area contributed by atoms with Gasteiger partial charge in [-0.25, -0.2) is 4.68 Å². The Hall–Kier alpha value is -1.65. The van der Waals surface area contributed by atoms with E-state index in [4.69, 9.17) is 0 Å². The van der Waals surface area contributed by atoms with E-state index in [1.165, 1.54) is 19.5 Å². The molecule has 3 rings (SSSR count). The third kappa shape index (κ3) is 3.52. The van der Waals surface area contributed by atoms with E-state index in [1.54, 1.807) is 0 Å². The van der Waals surface area contributed by atoms with Crippen molar-refractivity contribution in [3.63, 3.8) is 0 Å². The van der Waals surface area contributed by atoms with Crippen LogP contribution in [0.4, 0.5) is 0 Å². The van der Waals surface area contributed by atoms with Gasteiger partial charge >= 0.3 is 0 Å². The Balaban J connectivity index is 1.58. The molecule has 2 heterocycles. The number of hydrogen-bond acceptors (Lipinski definition) is 3. The molecule has 112 valence electrons. The highest BCUT2D eigenvalue weighted by Gasteiger charge is 2.23. The molecule has 0 radical (unpaired) electrons. The summed E-state index contributed by atoms with van der Waals surface area (Å²) >= 11 is 0. The lowest BCUT2D eigenvalue weighted by molar-refractivity contribution is 0.174. The van der Waals surface area contributed by atoms with Crippen LogP contribution < -0.4 is 5.32 Å². The normalized spacial score (nSPS) is 23.3. The first kappa shape index (κ1) is 14.3. The Labute approximate surface area is 126 Å². The van der Waals surface area contributed by atoms with Gasteiger partial charge in [0.05, 0.1) is 11.4 Å². The van der Waals surface area contributed by atoms with Crippen molar-refractivity contribution in [2.24, 2.45) is 5.92 Å². The highest BCUT2D eigenvalue weighted by molar-refractivity contribution is 5.30. The summed E-state index contributed by atoms with van der Waals surface area (Å²) in [5.41, 5.74) is 2.21. The number of hydrogen-bond donors (Lipinski definition) is 1. The molecular formula is C17H24N4. The lowest BCUT2D eigenvalue weighted by Gasteiger charge is -2.35. The summed E-state index contributed by atoms with van der Waals surface area (Å²) < 4.78 is 1.94. The number of benzene rings is 1. The molecule has 0 saturated carbocycles. The van der Waals surface area contributed by atoms with Gasteiger partial charge in [0.25, 0.3) is 0 Å². The van der Waals surface area contributed by atoms with E-state index in [2.05, 4.69) is 47.5 Å². The Kier molecular flexibility index (Phi) is 4.36. The molecular weight excluding hydrogens is 260 g/mol. The Morgan fingerprint density at radius 3 is 2.81 bits per heavy atom. The number of piperidine rings is 1. The highest BCUT2D eigenvalue weighted by Crippen LogP contribution is 2.16. The van der Waals surface area contributed by atoms with Crippen molar-refractivity contribution in [2.45, 2.75) is 25.9 Å². The van der Waals surface area contributed by atoms with Crippen molar-refractivity contribution in [2.75, 3.05) is 20.1 Å². The van der Waals surface area contributed by atoms with Gasteiger partial charge in [0.2, 0.25) is 0 Å². The van der Waals surface area contributed by atoms with Crippen LogP contribution >= 0.6 is 0 Å². The monoisotopic (exact) mass is 284 g/mol. The second kappa shape index (κ2) is 6.41. The van der Waals surface area contributed by atoms with E-state index < -0.39 is 0 Å². The summed E-state index contributed by atoms with van der Waals surface area (Å²) in [6.45, 7) is 5.53. The fourth-order valence-corrected chi connectivity index (χ4v) is 3.07. The third-order valence-corrected chi connectivity index (χ3v) is 4.32. The number of aromatic nitrogens is 2. The minimum absolute atomic E-state index is 0.600. The molecule has 1 N–H and O–H groups in total. The van der Waals surface area contributed by atoms with Gasteiger partial charge in [-0.2, -0.15) is 5.10 Å². The molecule has 2 aromatic rings. The lowest BCUT2D eigenvalue weighted by Crippen LogP contribution is -2.46. The van der Waals surface area contributed by atoms with Crippen molar-refractivity contribution >= 4 is 0 Å². The van der Waals surface area contributed by atoms with Gasteiger partial charge < -0.3 is 10.2 Å².